The fraction of sp³-hybridized carbons (Fsp3) is 0.632. The number of hydrazone groups is 1. The lowest BCUT2D eigenvalue weighted by Crippen LogP contribution is -2.52. The number of alkyl halides is 3. The second-order valence-electron chi connectivity index (χ2n) is 8.89. The number of hydrogen-bond donors (Lipinski definition) is 2. The first kappa shape index (κ1) is 18.2. The van der Waals surface area contributed by atoms with Crippen LogP contribution in [0.25, 0.3) is 0 Å². The molecule has 1 atom stereocenters. The Labute approximate surface area is 146 Å². The minimum atomic E-state index is -4.78. The van der Waals surface area contributed by atoms with Crippen LogP contribution >= 0.6 is 0 Å². The van der Waals surface area contributed by atoms with Crippen LogP contribution in [-0.2, 0) is 17.3 Å². The molecular weight excluding hydrogens is 329 g/mol. The van der Waals surface area contributed by atoms with Crippen LogP contribution in [-0.4, -0.2) is 22.7 Å². The maximum absolute atomic E-state index is 13.1. The SMILES string of the molecule is CC(C)(C)c1cc(C2=NN[C@@](O)(C(F)(F)F)C2)c2c(c1)C(C)(C)CC2. The number of halogens is 3. The van der Waals surface area contributed by atoms with Gasteiger partial charge >= 0.3 is 6.18 Å². The topological polar surface area (TPSA) is 44.6 Å². The molecule has 25 heavy (non-hydrogen) atoms. The van der Waals surface area contributed by atoms with E-state index in [0.717, 1.165) is 29.5 Å². The second kappa shape index (κ2) is 5.22. The summed E-state index contributed by atoms with van der Waals surface area (Å²) < 4.78 is 39.3. The summed E-state index contributed by atoms with van der Waals surface area (Å²) in [4.78, 5) is 0. The number of nitrogens with one attached hydrogen (secondary N) is 1. The lowest BCUT2D eigenvalue weighted by molar-refractivity contribution is -0.266. The standard InChI is InChI=1S/C19H25F3N2O/c1-16(2,3)11-8-13(12-6-7-17(4,5)14(12)9-11)15-10-18(25,24-23-15)19(20,21)22/h8-9,24-25H,6-7,10H2,1-5H3/t18-/m0/s1. The summed E-state index contributed by atoms with van der Waals surface area (Å²) in [6.45, 7) is 10.6. The summed E-state index contributed by atoms with van der Waals surface area (Å²) in [5, 5.41) is 13.8. The third-order valence-corrected chi connectivity index (χ3v) is 5.42. The van der Waals surface area contributed by atoms with Gasteiger partial charge in [0.1, 0.15) is 0 Å². The molecule has 1 heterocycles. The minimum absolute atomic E-state index is 0.0156. The van der Waals surface area contributed by atoms with Gasteiger partial charge in [0.15, 0.2) is 0 Å². The van der Waals surface area contributed by atoms with E-state index in [9.17, 15) is 18.3 Å². The molecule has 0 bridgehead atoms. The molecule has 0 saturated carbocycles. The summed E-state index contributed by atoms with van der Waals surface area (Å²) in [7, 11) is 0. The molecule has 3 nitrogen and oxygen atoms in total. The van der Waals surface area contributed by atoms with Gasteiger partial charge in [0, 0.05) is 5.56 Å². The summed E-state index contributed by atoms with van der Waals surface area (Å²) in [5.74, 6) is 0. The quantitative estimate of drug-likeness (QED) is 0.795. The van der Waals surface area contributed by atoms with Crippen molar-refractivity contribution >= 4 is 5.71 Å². The smallest absolute Gasteiger partial charge is 0.362 e. The summed E-state index contributed by atoms with van der Waals surface area (Å²) in [6, 6.07) is 4.13. The van der Waals surface area contributed by atoms with Crippen molar-refractivity contribution < 1.29 is 18.3 Å². The average molecular weight is 354 g/mol. The molecule has 2 aliphatic rings. The van der Waals surface area contributed by atoms with E-state index in [1.165, 1.54) is 5.56 Å². The van der Waals surface area contributed by atoms with Gasteiger partial charge < -0.3 is 5.11 Å². The highest BCUT2D eigenvalue weighted by Crippen LogP contribution is 2.44. The summed E-state index contributed by atoms with van der Waals surface area (Å²) in [6.07, 6.45) is -3.59. The van der Waals surface area contributed by atoms with Crippen LogP contribution < -0.4 is 5.43 Å². The molecule has 0 amide bonds. The maximum Gasteiger partial charge on any atom is 0.438 e. The maximum atomic E-state index is 13.1. The molecule has 0 saturated heterocycles. The highest BCUT2D eigenvalue weighted by molar-refractivity contribution is 6.04. The van der Waals surface area contributed by atoms with Gasteiger partial charge in [0.25, 0.3) is 5.72 Å². The minimum Gasteiger partial charge on any atom is -0.362 e. The number of benzene rings is 1. The van der Waals surface area contributed by atoms with Crippen molar-refractivity contribution in [2.24, 2.45) is 5.10 Å². The van der Waals surface area contributed by atoms with Gasteiger partial charge in [0.2, 0.25) is 0 Å². The largest absolute Gasteiger partial charge is 0.438 e. The average Bonchev–Trinajstić information content (AvgIpc) is 2.99. The lowest BCUT2D eigenvalue weighted by Gasteiger charge is -2.27. The van der Waals surface area contributed by atoms with Crippen molar-refractivity contribution in [3.63, 3.8) is 0 Å². The van der Waals surface area contributed by atoms with Crippen molar-refractivity contribution in [3.05, 3.63) is 34.4 Å². The number of nitrogens with zero attached hydrogens (tertiary/aromatic N) is 1. The molecule has 1 aliphatic heterocycles. The molecule has 1 aromatic rings. The van der Waals surface area contributed by atoms with Crippen molar-refractivity contribution in [1.29, 1.82) is 0 Å². The van der Waals surface area contributed by atoms with E-state index in [4.69, 9.17) is 0 Å². The predicted octanol–water partition coefficient (Wildman–Crippen LogP) is 4.16. The van der Waals surface area contributed by atoms with Crippen LogP contribution in [0.4, 0.5) is 13.2 Å². The van der Waals surface area contributed by atoms with Crippen LogP contribution in [0.3, 0.4) is 0 Å². The number of hydrogen-bond acceptors (Lipinski definition) is 3. The fourth-order valence-electron chi connectivity index (χ4n) is 3.61. The first-order chi connectivity index (χ1) is 11.2. The molecule has 0 unspecified atom stereocenters. The van der Waals surface area contributed by atoms with Crippen molar-refractivity contribution in [2.75, 3.05) is 0 Å². The first-order valence-corrected chi connectivity index (χ1v) is 8.56. The summed E-state index contributed by atoms with van der Waals surface area (Å²) in [5.41, 5.74) is 3.11. The Balaban J connectivity index is 2.11. The van der Waals surface area contributed by atoms with Crippen LogP contribution in [0.2, 0.25) is 0 Å². The molecule has 1 aromatic carbocycles. The van der Waals surface area contributed by atoms with E-state index >= 15 is 0 Å². The Bertz CT molecular complexity index is 744. The molecule has 3 rings (SSSR count). The second-order valence-corrected chi connectivity index (χ2v) is 8.89. The molecule has 0 fully saturated rings. The molecule has 0 radical (unpaired) electrons. The Morgan fingerprint density at radius 3 is 2.32 bits per heavy atom. The van der Waals surface area contributed by atoms with Crippen molar-refractivity contribution in [1.82, 2.24) is 5.43 Å². The molecule has 2 N–H and O–H groups in total. The van der Waals surface area contributed by atoms with Crippen molar-refractivity contribution in [3.8, 4) is 0 Å². The molecule has 138 valence electrons. The van der Waals surface area contributed by atoms with E-state index in [0.29, 0.717) is 0 Å². The Morgan fingerprint density at radius 1 is 1.16 bits per heavy atom. The Morgan fingerprint density at radius 2 is 1.80 bits per heavy atom. The van der Waals surface area contributed by atoms with Crippen LogP contribution in [0.5, 0.6) is 0 Å². The first-order valence-electron chi connectivity index (χ1n) is 8.56. The van der Waals surface area contributed by atoms with Crippen molar-refractivity contribution in [2.45, 2.75) is 76.6 Å². The van der Waals surface area contributed by atoms with Gasteiger partial charge in [-0.3, -0.25) is 5.43 Å². The Kier molecular flexibility index (Phi) is 3.81. The van der Waals surface area contributed by atoms with Gasteiger partial charge in [-0.05, 0) is 46.4 Å². The third-order valence-electron chi connectivity index (χ3n) is 5.42. The zero-order valence-corrected chi connectivity index (χ0v) is 15.3. The fourth-order valence-corrected chi connectivity index (χ4v) is 3.61. The van der Waals surface area contributed by atoms with Gasteiger partial charge in [-0.2, -0.15) is 18.3 Å². The summed E-state index contributed by atoms with van der Waals surface area (Å²) >= 11 is 0. The molecular formula is C19H25F3N2O. The molecule has 0 aromatic heterocycles. The van der Waals surface area contributed by atoms with E-state index in [2.05, 4.69) is 45.8 Å². The van der Waals surface area contributed by atoms with E-state index < -0.39 is 18.3 Å². The van der Waals surface area contributed by atoms with Gasteiger partial charge in [-0.15, -0.1) is 0 Å². The zero-order chi connectivity index (χ0) is 18.8. The lowest BCUT2D eigenvalue weighted by atomic mass is 9.79. The zero-order valence-electron chi connectivity index (χ0n) is 15.3. The number of fused-ring (bicyclic) bond motifs is 1. The highest BCUT2D eigenvalue weighted by Gasteiger charge is 2.57. The van der Waals surface area contributed by atoms with Crippen LogP contribution in [0.1, 0.15) is 69.7 Å². The number of rotatable bonds is 1. The predicted molar refractivity (Wildman–Crippen MR) is 91.8 cm³/mol. The van der Waals surface area contributed by atoms with E-state index in [-0.39, 0.29) is 16.5 Å². The highest BCUT2D eigenvalue weighted by atomic mass is 19.4. The normalized spacial score (nSPS) is 25.6. The van der Waals surface area contributed by atoms with E-state index in [1.807, 2.05) is 11.5 Å². The molecule has 1 aliphatic carbocycles. The molecule has 6 heteroatoms. The van der Waals surface area contributed by atoms with Crippen LogP contribution in [0, 0.1) is 0 Å². The molecule has 0 spiro atoms. The van der Waals surface area contributed by atoms with E-state index in [1.54, 1.807) is 0 Å². The van der Waals surface area contributed by atoms with Gasteiger partial charge in [0.05, 0.1) is 12.1 Å². The van der Waals surface area contributed by atoms with Gasteiger partial charge in [-0.1, -0.05) is 40.7 Å². The Hall–Kier alpha value is -1.56. The number of aliphatic hydroxyl groups is 1. The van der Waals surface area contributed by atoms with Crippen LogP contribution in [0.15, 0.2) is 17.2 Å². The third kappa shape index (κ3) is 2.94. The monoisotopic (exact) mass is 354 g/mol. The van der Waals surface area contributed by atoms with Gasteiger partial charge in [-0.25, -0.2) is 0 Å².